The summed E-state index contributed by atoms with van der Waals surface area (Å²) >= 11 is 1.82. The number of rotatable bonds is 6. The van der Waals surface area contributed by atoms with E-state index in [-0.39, 0.29) is 0 Å². The van der Waals surface area contributed by atoms with Gasteiger partial charge in [-0.15, -0.1) is 11.8 Å². The van der Waals surface area contributed by atoms with E-state index in [4.69, 9.17) is 0 Å². The molecule has 0 saturated heterocycles. The third-order valence-corrected chi connectivity index (χ3v) is 4.30. The van der Waals surface area contributed by atoms with Crippen LogP contribution in [-0.4, -0.2) is 12.8 Å². The fourth-order valence-corrected chi connectivity index (χ4v) is 3.23. The molecule has 0 spiro atoms. The highest BCUT2D eigenvalue weighted by Gasteiger charge is 2.14. The van der Waals surface area contributed by atoms with Gasteiger partial charge in [0.15, 0.2) is 0 Å². The van der Waals surface area contributed by atoms with Crippen LogP contribution >= 0.6 is 11.8 Å². The van der Waals surface area contributed by atoms with Crippen molar-refractivity contribution in [1.29, 1.82) is 0 Å². The Morgan fingerprint density at radius 2 is 1.90 bits per heavy atom. The number of nitrogens with one attached hydrogen (secondary N) is 1. The Bertz CT molecular complexity index is 551. The summed E-state index contributed by atoms with van der Waals surface area (Å²) < 4.78 is 0. The Hall–Kier alpha value is -1.25. The van der Waals surface area contributed by atoms with Crippen molar-refractivity contribution < 1.29 is 0 Å². The van der Waals surface area contributed by atoms with Gasteiger partial charge in [-0.25, -0.2) is 0 Å². The van der Waals surface area contributed by atoms with Gasteiger partial charge in [0, 0.05) is 10.9 Å². The maximum absolute atomic E-state index is 3.63. The molecule has 0 saturated carbocycles. The summed E-state index contributed by atoms with van der Waals surface area (Å²) in [5.41, 5.74) is 4.13. The highest BCUT2D eigenvalue weighted by atomic mass is 32.2. The number of aryl methyl sites for hydroxylation is 1. The zero-order valence-electron chi connectivity index (χ0n) is 12.5. The minimum absolute atomic E-state index is 0.380. The second-order valence-corrected chi connectivity index (χ2v) is 5.89. The third-order valence-electron chi connectivity index (χ3n) is 3.49. The average Bonchev–Trinajstić information content (AvgIpc) is 2.47. The third kappa shape index (κ3) is 3.87. The summed E-state index contributed by atoms with van der Waals surface area (Å²) in [6.07, 6.45) is 3.18. The lowest BCUT2D eigenvalue weighted by Gasteiger charge is -2.21. The predicted molar refractivity (Wildman–Crippen MR) is 89.5 cm³/mol. The molecule has 0 bridgehead atoms. The Morgan fingerprint density at radius 1 is 1.10 bits per heavy atom. The minimum Gasteiger partial charge on any atom is -0.310 e. The molecule has 2 aromatic carbocycles. The van der Waals surface area contributed by atoms with Crippen LogP contribution in [0.15, 0.2) is 53.4 Å². The first-order valence-electron chi connectivity index (χ1n) is 7.16. The number of thioether (sulfide) groups is 1. The molecule has 1 atom stereocenters. The molecule has 0 aliphatic rings. The van der Waals surface area contributed by atoms with E-state index in [2.05, 4.69) is 74.0 Å². The van der Waals surface area contributed by atoms with Gasteiger partial charge in [-0.05, 0) is 43.3 Å². The lowest BCUT2D eigenvalue weighted by molar-refractivity contribution is 0.542. The van der Waals surface area contributed by atoms with Gasteiger partial charge in [0.05, 0.1) is 0 Å². The van der Waals surface area contributed by atoms with Crippen LogP contribution in [0.2, 0.25) is 0 Å². The van der Waals surface area contributed by atoms with Crippen LogP contribution in [-0.2, 0) is 6.42 Å². The van der Waals surface area contributed by atoms with Gasteiger partial charge in [0.1, 0.15) is 0 Å². The van der Waals surface area contributed by atoms with Crippen LogP contribution in [0.5, 0.6) is 0 Å². The van der Waals surface area contributed by atoms with Gasteiger partial charge < -0.3 is 5.32 Å². The first-order chi connectivity index (χ1) is 9.74. The van der Waals surface area contributed by atoms with Crippen LogP contribution in [0.3, 0.4) is 0 Å². The normalized spacial score (nSPS) is 12.3. The largest absolute Gasteiger partial charge is 0.310 e. The standard InChI is InChI=1S/C18H23NS/c1-4-19-17(13-15-9-7-8-14(2)12-15)16-10-5-6-11-18(16)20-3/h5-12,17,19H,4,13H2,1-3H3. The molecular formula is C18H23NS. The minimum atomic E-state index is 0.380. The van der Waals surface area contributed by atoms with Crippen molar-refractivity contribution >= 4 is 11.8 Å². The van der Waals surface area contributed by atoms with Crippen molar-refractivity contribution in [1.82, 2.24) is 5.32 Å². The van der Waals surface area contributed by atoms with Gasteiger partial charge in [-0.1, -0.05) is 55.0 Å². The number of hydrogen-bond acceptors (Lipinski definition) is 2. The molecule has 2 aromatic rings. The van der Waals surface area contributed by atoms with E-state index in [1.165, 1.54) is 21.6 Å². The van der Waals surface area contributed by atoms with Crippen molar-refractivity contribution in [2.24, 2.45) is 0 Å². The number of likely N-dealkylation sites (N-methyl/N-ethyl adjacent to an activating group) is 1. The van der Waals surface area contributed by atoms with Crippen LogP contribution in [0.1, 0.15) is 29.7 Å². The predicted octanol–water partition coefficient (Wildman–Crippen LogP) is 4.61. The van der Waals surface area contributed by atoms with E-state index in [0.717, 1.165) is 13.0 Å². The Labute approximate surface area is 126 Å². The average molecular weight is 285 g/mol. The molecule has 0 radical (unpaired) electrons. The van der Waals surface area contributed by atoms with Crippen LogP contribution < -0.4 is 5.32 Å². The zero-order chi connectivity index (χ0) is 14.4. The Kier molecular flexibility index (Phi) is 5.69. The van der Waals surface area contributed by atoms with Crippen LogP contribution in [0, 0.1) is 6.92 Å². The quantitative estimate of drug-likeness (QED) is 0.778. The summed E-state index contributed by atoms with van der Waals surface area (Å²) in [7, 11) is 0. The maximum Gasteiger partial charge on any atom is 0.0371 e. The van der Waals surface area contributed by atoms with Crippen LogP contribution in [0.25, 0.3) is 0 Å². The molecule has 0 fully saturated rings. The zero-order valence-corrected chi connectivity index (χ0v) is 13.3. The molecule has 1 N–H and O–H groups in total. The molecule has 1 unspecified atom stereocenters. The lowest BCUT2D eigenvalue weighted by Crippen LogP contribution is -2.23. The van der Waals surface area contributed by atoms with Gasteiger partial charge in [0.25, 0.3) is 0 Å². The molecular weight excluding hydrogens is 262 g/mol. The molecule has 0 aliphatic carbocycles. The second-order valence-electron chi connectivity index (χ2n) is 5.05. The molecule has 2 rings (SSSR count). The molecule has 20 heavy (non-hydrogen) atoms. The lowest BCUT2D eigenvalue weighted by atomic mass is 9.98. The molecule has 1 nitrogen and oxygen atoms in total. The van der Waals surface area contributed by atoms with Crippen LogP contribution in [0.4, 0.5) is 0 Å². The van der Waals surface area contributed by atoms with E-state index in [1.807, 2.05) is 11.8 Å². The van der Waals surface area contributed by atoms with Gasteiger partial charge >= 0.3 is 0 Å². The molecule has 2 heteroatoms. The maximum atomic E-state index is 3.63. The van der Waals surface area contributed by atoms with Crippen molar-refractivity contribution in [2.75, 3.05) is 12.8 Å². The summed E-state index contributed by atoms with van der Waals surface area (Å²) in [6.45, 7) is 5.31. The Balaban J connectivity index is 2.26. The molecule has 0 amide bonds. The summed E-state index contributed by atoms with van der Waals surface area (Å²) in [5.74, 6) is 0. The first-order valence-corrected chi connectivity index (χ1v) is 8.39. The summed E-state index contributed by atoms with van der Waals surface area (Å²) in [4.78, 5) is 1.37. The van der Waals surface area contributed by atoms with Gasteiger partial charge in [-0.3, -0.25) is 0 Å². The Morgan fingerprint density at radius 3 is 2.60 bits per heavy atom. The van der Waals surface area contributed by atoms with E-state index >= 15 is 0 Å². The molecule has 0 heterocycles. The monoisotopic (exact) mass is 285 g/mol. The van der Waals surface area contributed by atoms with Crippen molar-refractivity contribution in [3.8, 4) is 0 Å². The molecule has 0 aliphatic heterocycles. The smallest absolute Gasteiger partial charge is 0.0371 e. The molecule has 0 aromatic heterocycles. The summed E-state index contributed by atoms with van der Waals surface area (Å²) in [6, 6.07) is 17.9. The number of benzene rings is 2. The highest BCUT2D eigenvalue weighted by Crippen LogP contribution is 2.28. The molecule has 106 valence electrons. The number of hydrogen-bond donors (Lipinski definition) is 1. The summed E-state index contributed by atoms with van der Waals surface area (Å²) in [5, 5.41) is 3.63. The fraction of sp³-hybridized carbons (Fsp3) is 0.333. The van der Waals surface area contributed by atoms with E-state index in [1.54, 1.807) is 0 Å². The van der Waals surface area contributed by atoms with E-state index < -0.39 is 0 Å². The highest BCUT2D eigenvalue weighted by molar-refractivity contribution is 7.98. The van der Waals surface area contributed by atoms with Gasteiger partial charge in [0.2, 0.25) is 0 Å². The topological polar surface area (TPSA) is 12.0 Å². The van der Waals surface area contributed by atoms with Crippen molar-refractivity contribution in [3.05, 3.63) is 65.2 Å². The SMILES string of the molecule is CCNC(Cc1cccc(C)c1)c1ccccc1SC. The van der Waals surface area contributed by atoms with Gasteiger partial charge in [-0.2, -0.15) is 0 Å². The second kappa shape index (κ2) is 7.51. The van der Waals surface area contributed by atoms with E-state index in [9.17, 15) is 0 Å². The first kappa shape index (κ1) is 15.1. The van der Waals surface area contributed by atoms with Crippen molar-refractivity contribution in [3.63, 3.8) is 0 Å². The fourth-order valence-electron chi connectivity index (χ4n) is 2.57. The van der Waals surface area contributed by atoms with E-state index in [0.29, 0.717) is 6.04 Å². The van der Waals surface area contributed by atoms with Crippen molar-refractivity contribution in [2.45, 2.75) is 31.2 Å².